The average Bonchev–Trinajstić information content (AvgIpc) is 2.86. The second kappa shape index (κ2) is 4.68. The van der Waals surface area contributed by atoms with Crippen molar-refractivity contribution in [2.75, 3.05) is 0 Å². The zero-order valence-corrected chi connectivity index (χ0v) is 12.2. The van der Waals surface area contributed by atoms with Crippen LogP contribution in [0.1, 0.15) is 15.9 Å². The molecule has 0 bridgehead atoms. The molecule has 2 aromatic rings. The molecule has 5 heteroatoms. The third-order valence-electron chi connectivity index (χ3n) is 3.73. The van der Waals surface area contributed by atoms with Crippen molar-refractivity contribution >= 4 is 34.2 Å². The lowest BCUT2D eigenvalue weighted by atomic mass is 9.81. The van der Waals surface area contributed by atoms with Gasteiger partial charge in [-0.25, -0.2) is 0 Å². The van der Waals surface area contributed by atoms with Gasteiger partial charge in [-0.3, -0.25) is 9.59 Å². The number of benzene rings is 2. The van der Waals surface area contributed by atoms with Gasteiger partial charge < -0.3 is 5.73 Å². The van der Waals surface area contributed by atoms with Crippen LogP contribution < -0.4 is 5.73 Å². The number of amidine groups is 1. The Morgan fingerprint density at radius 3 is 1.95 bits per heavy atom. The summed E-state index contributed by atoms with van der Waals surface area (Å²) in [6.07, 6.45) is 0. The molecule has 106 valence electrons. The molecule has 0 saturated carbocycles. The van der Waals surface area contributed by atoms with E-state index in [2.05, 4.69) is 4.99 Å². The van der Waals surface area contributed by atoms with Crippen molar-refractivity contribution in [3.05, 3.63) is 64.6 Å². The number of allylic oxidation sites excluding steroid dienone is 1. The highest BCUT2D eigenvalue weighted by Crippen LogP contribution is 2.43. The monoisotopic (exact) mass is 306 g/mol. The quantitative estimate of drug-likeness (QED) is 0.760. The molecule has 4 rings (SSSR count). The SMILES string of the molecule is NC1=NC(=O)/C(=C2/C(=O)c3ccccc3-c3ccccc32)S1. The van der Waals surface area contributed by atoms with Gasteiger partial charge in [-0.2, -0.15) is 4.99 Å². The Morgan fingerprint density at radius 1 is 0.818 bits per heavy atom. The number of Topliss-reactive ketones (excluding diaryl/α,β-unsaturated/α-hetero) is 1. The molecule has 1 amide bonds. The van der Waals surface area contributed by atoms with Gasteiger partial charge in [-0.05, 0) is 28.5 Å². The van der Waals surface area contributed by atoms with Gasteiger partial charge in [0.15, 0.2) is 11.0 Å². The largest absolute Gasteiger partial charge is 0.378 e. The molecule has 22 heavy (non-hydrogen) atoms. The topological polar surface area (TPSA) is 72.5 Å². The number of aliphatic imine (C=N–C) groups is 1. The standard InChI is InChI=1S/C17H10N2O2S/c18-17-19-16(21)15(22-17)13-11-7-3-1-5-9(11)10-6-2-4-8-12(10)14(13)20/h1-8H,(H2,18,19,21)/b15-13-. The van der Waals surface area contributed by atoms with Crippen LogP contribution in [-0.2, 0) is 4.79 Å². The fourth-order valence-electron chi connectivity index (χ4n) is 2.81. The van der Waals surface area contributed by atoms with E-state index in [-0.39, 0.29) is 11.0 Å². The molecular formula is C17H10N2O2S. The van der Waals surface area contributed by atoms with Gasteiger partial charge in [0.2, 0.25) is 0 Å². The number of carbonyl (C=O) groups is 2. The van der Waals surface area contributed by atoms with Gasteiger partial charge in [0.1, 0.15) is 0 Å². The van der Waals surface area contributed by atoms with Crippen molar-refractivity contribution in [1.82, 2.24) is 0 Å². The first-order valence-electron chi connectivity index (χ1n) is 6.71. The van der Waals surface area contributed by atoms with E-state index < -0.39 is 5.91 Å². The van der Waals surface area contributed by atoms with E-state index in [1.165, 1.54) is 0 Å². The molecule has 0 aromatic heterocycles. The van der Waals surface area contributed by atoms with Crippen molar-refractivity contribution < 1.29 is 9.59 Å². The van der Waals surface area contributed by atoms with E-state index in [0.717, 1.165) is 28.5 Å². The minimum atomic E-state index is -0.444. The number of amides is 1. The number of ketones is 1. The molecule has 0 saturated heterocycles. The minimum Gasteiger partial charge on any atom is -0.378 e. The smallest absolute Gasteiger partial charge is 0.287 e. The fraction of sp³-hybridized carbons (Fsp3) is 0. The molecule has 2 aromatic carbocycles. The Morgan fingerprint density at radius 2 is 1.36 bits per heavy atom. The molecule has 0 unspecified atom stereocenters. The lowest BCUT2D eigenvalue weighted by Gasteiger charge is -2.22. The zero-order chi connectivity index (χ0) is 15.3. The molecule has 0 spiro atoms. The van der Waals surface area contributed by atoms with Gasteiger partial charge in [0, 0.05) is 5.56 Å². The minimum absolute atomic E-state index is 0.157. The Balaban J connectivity index is 2.06. The summed E-state index contributed by atoms with van der Waals surface area (Å²) in [5, 5.41) is 0.177. The molecular weight excluding hydrogens is 296 g/mol. The first-order valence-corrected chi connectivity index (χ1v) is 7.52. The number of nitrogens with zero attached hydrogens (tertiary/aromatic N) is 1. The molecule has 0 atom stereocenters. The molecule has 1 aliphatic carbocycles. The summed E-state index contributed by atoms with van der Waals surface area (Å²) in [4.78, 5) is 29.0. The van der Waals surface area contributed by atoms with Crippen LogP contribution in [-0.4, -0.2) is 16.9 Å². The average molecular weight is 306 g/mol. The number of hydrogen-bond acceptors (Lipinski definition) is 4. The summed E-state index contributed by atoms with van der Waals surface area (Å²) in [6.45, 7) is 0. The first-order chi connectivity index (χ1) is 10.7. The first kappa shape index (κ1) is 13.0. The van der Waals surface area contributed by atoms with Gasteiger partial charge >= 0.3 is 0 Å². The molecule has 2 N–H and O–H groups in total. The highest BCUT2D eigenvalue weighted by atomic mass is 32.2. The maximum absolute atomic E-state index is 12.9. The summed E-state index contributed by atoms with van der Waals surface area (Å²) in [5.74, 6) is -0.602. The third kappa shape index (κ3) is 1.76. The Bertz CT molecular complexity index is 912. The van der Waals surface area contributed by atoms with Crippen LogP contribution in [0.4, 0.5) is 0 Å². The molecule has 1 aliphatic heterocycles. The third-order valence-corrected chi connectivity index (χ3v) is 4.61. The van der Waals surface area contributed by atoms with Crippen LogP contribution in [0, 0.1) is 0 Å². The predicted molar refractivity (Wildman–Crippen MR) is 87.3 cm³/mol. The Hall–Kier alpha value is -2.66. The van der Waals surface area contributed by atoms with Crippen molar-refractivity contribution in [3.63, 3.8) is 0 Å². The number of fused-ring (bicyclic) bond motifs is 3. The van der Waals surface area contributed by atoms with Gasteiger partial charge in [-0.15, -0.1) is 0 Å². The van der Waals surface area contributed by atoms with Crippen LogP contribution in [0.5, 0.6) is 0 Å². The second-order valence-corrected chi connectivity index (χ2v) is 6.01. The van der Waals surface area contributed by atoms with Gasteiger partial charge in [0.25, 0.3) is 5.91 Å². The van der Waals surface area contributed by atoms with E-state index >= 15 is 0 Å². The predicted octanol–water partition coefficient (Wildman–Crippen LogP) is 2.85. The molecule has 4 nitrogen and oxygen atoms in total. The summed E-state index contributed by atoms with van der Waals surface area (Å²) in [5.41, 5.74) is 9.21. The summed E-state index contributed by atoms with van der Waals surface area (Å²) in [7, 11) is 0. The lowest BCUT2D eigenvalue weighted by Crippen LogP contribution is -2.14. The maximum atomic E-state index is 12.9. The van der Waals surface area contributed by atoms with Crippen molar-refractivity contribution in [1.29, 1.82) is 0 Å². The van der Waals surface area contributed by atoms with E-state index in [9.17, 15) is 9.59 Å². The van der Waals surface area contributed by atoms with Crippen LogP contribution in [0.2, 0.25) is 0 Å². The normalized spacial score (nSPS) is 19.7. The number of thioether (sulfide) groups is 1. The van der Waals surface area contributed by atoms with Crippen LogP contribution in [0.25, 0.3) is 16.7 Å². The summed E-state index contributed by atoms with van der Waals surface area (Å²) >= 11 is 1.06. The number of nitrogens with two attached hydrogens (primary N) is 1. The summed E-state index contributed by atoms with van der Waals surface area (Å²) < 4.78 is 0. The van der Waals surface area contributed by atoms with E-state index in [0.29, 0.717) is 16.0 Å². The molecule has 1 heterocycles. The Labute approximate surface area is 130 Å². The zero-order valence-electron chi connectivity index (χ0n) is 11.4. The number of hydrogen-bond donors (Lipinski definition) is 1. The van der Waals surface area contributed by atoms with E-state index in [1.54, 1.807) is 6.07 Å². The van der Waals surface area contributed by atoms with Crippen LogP contribution in [0.15, 0.2) is 58.4 Å². The van der Waals surface area contributed by atoms with Crippen molar-refractivity contribution in [2.24, 2.45) is 10.7 Å². The molecule has 0 fully saturated rings. The maximum Gasteiger partial charge on any atom is 0.287 e. The van der Waals surface area contributed by atoms with Gasteiger partial charge in [-0.1, -0.05) is 48.5 Å². The van der Waals surface area contributed by atoms with E-state index in [1.807, 2.05) is 42.5 Å². The van der Waals surface area contributed by atoms with Crippen molar-refractivity contribution in [2.45, 2.75) is 0 Å². The Kier molecular flexibility index (Phi) is 2.77. The highest BCUT2D eigenvalue weighted by Gasteiger charge is 2.34. The van der Waals surface area contributed by atoms with E-state index in [4.69, 9.17) is 5.73 Å². The van der Waals surface area contributed by atoms with Crippen molar-refractivity contribution in [3.8, 4) is 11.1 Å². The highest BCUT2D eigenvalue weighted by molar-refractivity contribution is 8.18. The van der Waals surface area contributed by atoms with Crippen LogP contribution in [0.3, 0.4) is 0 Å². The molecule has 2 aliphatic rings. The summed E-state index contributed by atoms with van der Waals surface area (Å²) in [6, 6.07) is 15.0. The lowest BCUT2D eigenvalue weighted by molar-refractivity contribution is -0.113. The fourth-order valence-corrected chi connectivity index (χ4v) is 3.59. The second-order valence-electron chi connectivity index (χ2n) is 4.98. The number of rotatable bonds is 0. The number of carbonyl (C=O) groups excluding carboxylic acids is 2. The van der Waals surface area contributed by atoms with Crippen LogP contribution >= 0.6 is 11.8 Å². The molecule has 0 radical (unpaired) electrons. The van der Waals surface area contributed by atoms with Gasteiger partial charge in [0.05, 0.1) is 10.5 Å².